The minimum atomic E-state index is 0.281. The zero-order valence-electron chi connectivity index (χ0n) is 7.29. The van der Waals surface area contributed by atoms with Crippen molar-refractivity contribution in [3.05, 3.63) is 32.3 Å². The molecule has 0 aliphatic heterocycles. The van der Waals surface area contributed by atoms with Crippen LogP contribution in [0.3, 0.4) is 0 Å². The summed E-state index contributed by atoms with van der Waals surface area (Å²) in [4.78, 5) is 8.13. The van der Waals surface area contributed by atoms with Crippen molar-refractivity contribution in [3.63, 3.8) is 0 Å². The molecular weight excluding hydrogens is 284 g/mol. The van der Waals surface area contributed by atoms with Crippen LogP contribution in [0.1, 0.15) is 5.56 Å². The molecule has 2 rings (SSSR count). The van der Waals surface area contributed by atoms with Crippen LogP contribution in [-0.2, 0) is 0 Å². The van der Waals surface area contributed by atoms with Crippen molar-refractivity contribution >= 4 is 38.9 Å². The lowest BCUT2D eigenvalue weighted by molar-refractivity contribution is 1.13. The van der Waals surface area contributed by atoms with E-state index in [1.807, 2.05) is 17.7 Å². The van der Waals surface area contributed by atoms with Crippen LogP contribution < -0.4 is 0 Å². The maximum atomic E-state index is 5.75. The lowest BCUT2D eigenvalue weighted by Gasteiger charge is -2.02. The van der Waals surface area contributed by atoms with E-state index < -0.39 is 0 Å². The van der Waals surface area contributed by atoms with Gasteiger partial charge < -0.3 is 0 Å². The van der Waals surface area contributed by atoms with E-state index >= 15 is 0 Å². The number of hydrogen-bond donors (Lipinski definition) is 0. The molecule has 5 heteroatoms. The molecule has 0 spiro atoms. The lowest BCUT2D eigenvalue weighted by Crippen LogP contribution is -1.90. The lowest BCUT2D eigenvalue weighted by atomic mass is 10.1. The van der Waals surface area contributed by atoms with E-state index in [2.05, 4.69) is 25.9 Å². The van der Waals surface area contributed by atoms with Gasteiger partial charge in [-0.3, -0.25) is 0 Å². The molecule has 0 aliphatic carbocycles. The fraction of sp³-hybridized carbons (Fsp3) is 0.111. The summed E-state index contributed by atoms with van der Waals surface area (Å²) in [5.41, 5.74) is 2.98. The third kappa shape index (κ3) is 1.82. The molecule has 2 aromatic heterocycles. The molecule has 0 aliphatic rings. The fourth-order valence-corrected chi connectivity index (χ4v) is 2.74. The first-order chi connectivity index (χ1) is 6.68. The first-order valence-corrected chi connectivity index (χ1v) is 6.01. The number of thiophene rings is 1. The quantitative estimate of drug-likeness (QED) is 0.743. The molecule has 0 saturated carbocycles. The normalized spacial score (nSPS) is 10.5. The average Bonchev–Trinajstić information content (AvgIpc) is 2.56. The van der Waals surface area contributed by atoms with Crippen molar-refractivity contribution < 1.29 is 0 Å². The molecule has 0 radical (unpaired) electrons. The summed E-state index contributed by atoms with van der Waals surface area (Å²) in [6.07, 6.45) is 1.73. The van der Waals surface area contributed by atoms with Crippen LogP contribution in [0.25, 0.3) is 11.3 Å². The van der Waals surface area contributed by atoms with Gasteiger partial charge in [-0.05, 0) is 40.0 Å². The van der Waals surface area contributed by atoms with Crippen LogP contribution in [-0.4, -0.2) is 9.97 Å². The molecule has 0 fully saturated rings. The Balaban J connectivity index is 2.62. The van der Waals surface area contributed by atoms with E-state index in [0.29, 0.717) is 0 Å². The molecule has 72 valence electrons. The maximum Gasteiger partial charge on any atom is 0.222 e. The van der Waals surface area contributed by atoms with Crippen LogP contribution in [0, 0.1) is 6.92 Å². The van der Waals surface area contributed by atoms with Gasteiger partial charge in [-0.1, -0.05) is 0 Å². The fourth-order valence-electron chi connectivity index (χ4n) is 1.14. The van der Waals surface area contributed by atoms with Crippen molar-refractivity contribution in [1.82, 2.24) is 9.97 Å². The summed E-state index contributed by atoms with van der Waals surface area (Å²) in [7, 11) is 0. The third-order valence-corrected chi connectivity index (χ3v) is 3.70. The average molecular weight is 290 g/mol. The van der Waals surface area contributed by atoms with Gasteiger partial charge >= 0.3 is 0 Å². The zero-order chi connectivity index (χ0) is 10.1. The van der Waals surface area contributed by atoms with Gasteiger partial charge in [-0.2, -0.15) is 11.3 Å². The summed E-state index contributed by atoms with van der Waals surface area (Å²) in [5, 5.41) is 4.34. The first kappa shape index (κ1) is 10.1. The highest BCUT2D eigenvalue weighted by molar-refractivity contribution is 9.10. The maximum absolute atomic E-state index is 5.75. The minimum Gasteiger partial charge on any atom is -0.226 e. The van der Waals surface area contributed by atoms with Crippen molar-refractivity contribution in [3.8, 4) is 11.3 Å². The Morgan fingerprint density at radius 2 is 2.21 bits per heavy atom. The summed E-state index contributed by atoms with van der Waals surface area (Å²) >= 11 is 10.8. The van der Waals surface area contributed by atoms with E-state index in [1.54, 1.807) is 17.5 Å². The SMILES string of the molecule is Cc1cnc(Cl)nc1-c1cscc1Br. The molecule has 2 nitrogen and oxygen atoms in total. The van der Waals surface area contributed by atoms with E-state index in [0.717, 1.165) is 21.3 Å². The Morgan fingerprint density at radius 3 is 2.86 bits per heavy atom. The summed E-state index contributed by atoms with van der Waals surface area (Å²) in [5.74, 6) is 0. The Bertz CT molecular complexity index is 470. The van der Waals surface area contributed by atoms with Gasteiger partial charge in [0.05, 0.1) is 5.69 Å². The molecule has 2 aromatic rings. The van der Waals surface area contributed by atoms with Crippen LogP contribution >= 0.6 is 38.9 Å². The van der Waals surface area contributed by atoms with Crippen molar-refractivity contribution in [2.24, 2.45) is 0 Å². The van der Waals surface area contributed by atoms with Crippen LogP contribution in [0.4, 0.5) is 0 Å². The molecule has 0 atom stereocenters. The second kappa shape index (κ2) is 3.96. The summed E-state index contributed by atoms with van der Waals surface area (Å²) in [6, 6.07) is 0. The number of hydrogen-bond acceptors (Lipinski definition) is 3. The molecule has 2 heterocycles. The van der Waals surface area contributed by atoms with Crippen molar-refractivity contribution in [1.29, 1.82) is 0 Å². The largest absolute Gasteiger partial charge is 0.226 e. The predicted molar refractivity (Wildman–Crippen MR) is 62.8 cm³/mol. The Labute approximate surface area is 99.1 Å². The molecule has 0 unspecified atom stereocenters. The van der Waals surface area contributed by atoms with E-state index in [-0.39, 0.29) is 5.28 Å². The molecular formula is C9H6BrClN2S. The van der Waals surface area contributed by atoms with Crippen molar-refractivity contribution in [2.75, 3.05) is 0 Å². The number of nitrogens with zero attached hydrogens (tertiary/aromatic N) is 2. The van der Waals surface area contributed by atoms with Crippen LogP contribution in [0.5, 0.6) is 0 Å². The van der Waals surface area contributed by atoms with Crippen LogP contribution in [0.2, 0.25) is 5.28 Å². The number of rotatable bonds is 1. The minimum absolute atomic E-state index is 0.281. The third-order valence-electron chi connectivity index (χ3n) is 1.81. The summed E-state index contributed by atoms with van der Waals surface area (Å²) < 4.78 is 1.04. The molecule has 0 N–H and O–H groups in total. The van der Waals surface area contributed by atoms with Gasteiger partial charge in [-0.25, -0.2) is 9.97 Å². The topological polar surface area (TPSA) is 25.8 Å². The predicted octanol–water partition coefficient (Wildman–Crippen LogP) is 3.93. The monoisotopic (exact) mass is 288 g/mol. The highest BCUT2D eigenvalue weighted by Crippen LogP contribution is 2.32. The van der Waals surface area contributed by atoms with Gasteiger partial charge in [0, 0.05) is 27.0 Å². The Hall–Kier alpha value is -0.450. The second-order valence-electron chi connectivity index (χ2n) is 2.80. The van der Waals surface area contributed by atoms with Crippen molar-refractivity contribution in [2.45, 2.75) is 6.92 Å². The second-order valence-corrected chi connectivity index (χ2v) is 4.74. The smallest absolute Gasteiger partial charge is 0.222 e. The molecule has 0 aromatic carbocycles. The van der Waals surface area contributed by atoms with Gasteiger partial charge in [0.15, 0.2) is 0 Å². The van der Waals surface area contributed by atoms with Gasteiger partial charge in [0.2, 0.25) is 5.28 Å². The van der Waals surface area contributed by atoms with Gasteiger partial charge in [0.25, 0.3) is 0 Å². The number of aromatic nitrogens is 2. The van der Waals surface area contributed by atoms with Gasteiger partial charge in [-0.15, -0.1) is 0 Å². The number of aryl methyl sites for hydroxylation is 1. The highest BCUT2D eigenvalue weighted by Gasteiger charge is 2.09. The Morgan fingerprint density at radius 1 is 1.43 bits per heavy atom. The highest BCUT2D eigenvalue weighted by atomic mass is 79.9. The number of halogens is 2. The van der Waals surface area contributed by atoms with E-state index in [1.165, 1.54) is 0 Å². The molecule has 0 bridgehead atoms. The first-order valence-electron chi connectivity index (χ1n) is 3.89. The molecule has 0 saturated heterocycles. The summed E-state index contributed by atoms with van der Waals surface area (Å²) in [6.45, 7) is 1.97. The van der Waals surface area contributed by atoms with E-state index in [4.69, 9.17) is 11.6 Å². The molecule has 14 heavy (non-hydrogen) atoms. The van der Waals surface area contributed by atoms with E-state index in [9.17, 15) is 0 Å². The standard InChI is InChI=1S/C9H6BrClN2S/c1-5-2-12-9(11)13-8(5)6-3-14-4-7(6)10/h2-4H,1H3. The van der Waals surface area contributed by atoms with Gasteiger partial charge in [0.1, 0.15) is 0 Å². The zero-order valence-corrected chi connectivity index (χ0v) is 10.4. The molecule has 0 amide bonds. The Kier molecular flexibility index (Phi) is 2.85. The van der Waals surface area contributed by atoms with Crippen LogP contribution in [0.15, 0.2) is 21.4 Å².